The van der Waals surface area contributed by atoms with Gasteiger partial charge in [-0.2, -0.15) is 0 Å². The van der Waals surface area contributed by atoms with Crippen LogP contribution in [-0.2, 0) is 9.53 Å². The van der Waals surface area contributed by atoms with Crippen molar-refractivity contribution >= 4 is 11.8 Å². The average molecular weight is 408 g/mol. The number of amides is 2. The lowest BCUT2D eigenvalue weighted by atomic mass is 9.94. The fraction of sp³-hybridized carbons (Fsp3) is 0.417. The number of hydrogen-bond donors (Lipinski definition) is 0. The van der Waals surface area contributed by atoms with Crippen LogP contribution in [0.15, 0.2) is 48.5 Å². The van der Waals surface area contributed by atoms with Gasteiger partial charge in [0.2, 0.25) is 5.91 Å². The van der Waals surface area contributed by atoms with Crippen molar-refractivity contribution < 1.29 is 19.1 Å². The van der Waals surface area contributed by atoms with E-state index in [4.69, 9.17) is 9.47 Å². The zero-order valence-electron chi connectivity index (χ0n) is 17.4. The van der Waals surface area contributed by atoms with Gasteiger partial charge >= 0.3 is 0 Å². The lowest BCUT2D eigenvalue weighted by molar-refractivity contribution is -0.141. The van der Waals surface area contributed by atoms with E-state index in [0.717, 1.165) is 29.7 Å². The molecule has 6 nitrogen and oxygen atoms in total. The maximum atomic E-state index is 12.9. The second-order valence-electron chi connectivity index (χ2n) is 7.81. The second-order valence-corrected chi connectivity index (χ2v) is 7.81. The Bertz CT molecular complexity index is 882. The quantitative estimate of drug-likeness (QED) is 0.780. The summed E-state index contributed by atoms with van der Waals surface area (Å²) < 4.78 is 10.6. The number of nitrogens with zero attached hydrogens (tertiary/aromatic N) is 2. The van der Waals surface area contributed by atoms with E-state index in [0.29, 0.717) is 45.0 Å². The molecule has 0 radical (unpaired) electrons. The Morgan fingerprint density at radius 2 is 1.60 bits per heavy atom. The van der Waals surface area contributed by atoms with Crippen LogP contribution in [0.2, 0.25) is 0 Å². The van der Waals surface area contributed by atoms with Crippen LogP contribution in [-0.4, -0.2) is 68.1 Å². The summed E-state index contributed by atoms with van der Waals surface area (Å²) in [6.07, 6.45) is 1.45. The van der Waals surface area contributed by atoms with Gasteiger partial charge in [0.05, 0.1) is 20.3 Å². The summed E-state index contributed by atoms with van der Waals surface area (Å²) in [5.41, 5.74) is 2.77. The van der Waals surface area contributed by atoms with E-state index in [1.165, 1.54) is 0 Å². The molecule has 2 amide bonds. The van der Waals surface area contributed by atoms with Crippen molar-refractivity contribution in [2.45, 2.75) is 12.8 Å². The molecule has 0 aromatic heterocycles. The first-order chi connectivity index (χ1) is 14.7. The Labute approximate surface area is 177 Å². The number of piperidine rings is 1. The van der Waals surface area contributed by atoms with Crippen LogP contribution in [0.4, 0.5) is 0 Å². The lowest BCUT2D eigenvalue weighted by Crippen LogP contribution is -2.47. The largest absolute Gasteiger partial charge is 0.497 e. The standard InChI is InChI=1S/C24H28N2O4/c1-29-22-4-2-3-21(17-22)18-5-7-19(8-6-18)23(27)25-11-9-20(10-12-25)24(28)26-13-15-30-16-14-26/h2-8,17,20H,9-16H2,1H3. The Morgan fingerprint density at radius 1 is 0.900 bits per heavy atom. The van der Waals surface area contributed by atoms with Crippen molar-refractivity contribution in [1.29, 1.82) is 0 Å². The Balaban J connectivity index is 1.35. The van der Waals surface area contributed by atoms with Crippen LogP contribution in [0.25, 0.3) is 11.1 Å². The lowest BCUT2D eigenvalue weighted by Gasteiger charge is -2.35. The molecule has 0 saturated carbocycles. The molecule has 0 atom stereocenters. The monoisotopic (exact) mass is 408 g/mol. The van der Waals surface area contributed by atoms with Gasteiger partial charge in [0.1, 0.15) is 5.75 Å². The van der Waals surface area contributed by atoms with Gasteiger partial charge in [-0.15, -0.1) is 0 Å². The molecule has 0 aliphatic carbocycles. The van der Waals surface area contributed by atoms with E-state index in [1.807, 2.05) is 58.3 Å². The highest BCUT2D eigenvalue weighted by molar-refractivity contribution is 5.95. The molecule has 30 heavy (non-hydrogen) atoms. The maximum Gasteiger partial charge on any atom is 0.253 e. The minimum Gasteiger partial charge on any atom is -0.497 e. The van der Waals surface area contributed by atoms with Gasteiger partial charge in [-0.25, -0.2) is 0 Å². The van der Waals surface area contributed by atoms with Crippen LogP contribution in [0.5, 0.6) is 5.75 Å². The van der Waals surface area contributed by atoms with Crippen LogP contribution < -0.4 is 4.74 Å². The molecular formula is C24H28N2O4. The van der Waals surface area contributed by atoms with Crippen molar-refractivity contribution in [2.24, 2.45) is 5.92 Å². The van der Waals surface area contributed by atoms with Gasteiger partial charge in [-0.05, 0) is 48.2 Å². The summed E-state index contributed by atoms with van der Waals surface area (Å²) >= 11 is 0. The molecule has 0 bridgehead atoms. The van der Waals surface area contributed by atoms with Crippen LogP contribution in [0, 0.1) is 5.92 Å². The third-order valence-corrected chi connectivity index (χ3v) is 5.99. The summed E-state index contributed by atoms with van der Waals surface area (Å²) in [7, 11) is 1.65. The first-order valence-corrected chi connectivity index (χ1v) is 10.6. The molecule has 2 fully saturated rings. The first-order valence-electron chi connectivity index (χ1n) is 10.6. The summed E-state index contributed by atoms with van der Waals surface area (Å²) in [5.74, 6) is 1.07. The molecule has 0 spiro atoms. The van der Waals surface area contributed by atoms with Gasteiger partial charge in [-0.1, -0.05) is 24.3 Å². The normalized spacial score (nSPS) is 17.6. The van der Waals surface area contributed by atoms with E-state index in [-0.39, 0.29) is 17.7 Å². The van der Waals surface area contributed by atoms with Crippen molar-refractivity contribution in [3.63, 3.8) is 0 Å². The summed E-state index contributed by atoms with van der Waals surface area (Å²) in [5, 5.41) is 0. The average Bonchev–Trinajstić information content (AvgIpc) is 2.84. The van der Waals surface area contributed by atoms with Crippen molar-refractivity contribution in [3.05, 3.63) is 54.1 Å². The summed E-state index contributed by atoms with van der Waals surface area (Å²) in [4.78, 5) is 29.4. The van der Waals surface area contributed by atoms with Crippen molar-refractivity contribution in [3.8, 4) is 16.9 Å². The molecule has 2 aromatic rings. The number of carbonyl (C=O) groups is 2. The van der Waals surface area contributed by atoms with Crippen molar-refractivity contribution in [1.82, 2.24) is 9.80 Å². The molecule has 0 N–H and O–H groups in total. The highest BCUT2D eigenvalue weighted by Crippen LogP contribution is 2.25. The van der Waals surface area contributed by atoms with Crippen LogP contribution in [0.1, 0.15) is 23.2 Å². The number of likely N-dealkylation sites (tertiary alicyclic amines) is 1. The van der Waals surface area contributed by atoms with Crippen molar-refractivity contribution in [2.75, 3.05) is 46.5 Å². The fourth-order valence-corrected chi connectivity index (χ4v) is 4.16. The molecule has 2 aliphatic heterocycles. The SMILES string of the molecule is COc1cccc(-c2ccc(C(=O)N3CCC(C(=O)N4CCOCC4)CC3)cc2)c1. The summed E-state index contributed by atoms with van der Waals surface area (Å²) in [6.45, 7) is 3.84. The predicted molar refractivity (Wildman–Crippen MR) is 114 cm³/mol. The molecule has 2 saturated heterocycles. The number of hydrogen-bond acceptors (Lipinski definition) is 4. The Hall–Kier alpha value is -2.86. The molecule has 2 aromatic carbocycles. The molecule has 158 valence electrons. The highest BCUT2D eigenvalue weighted by atomic mass is 16.5. The number of carbonyl (C=O) groups excluding carboxylic acids is 2. The fourth-order valence-electron chi connectivity index (χ4n) is 4.16. The topological polar surface area (TPSA) is 59.1 Å². The maximum absolute atomic E-state index is 12.9. The first kappa shape index (κ1) is 20.4. The van der Waals surface area contributed by atoms with E-state index in [1.54, 1.807) is 7.11 Å². The number of methoxy groups -OCH3 is 1. The number of morpholine rings is 1. The van der Waals surface area contributed by atoms with Gasteiger partial charge in [0.15, 0.2) is 0 Å². The van der Waals surface area contributed by atoms with Gasteiger partial charge < -0.3 is 19.3 Å². The van der Waals surface area contributed by atoms with Gasteiger partial charge in [0.25, 0.3) is 5.91 Å². The number of benzene rings is 2. The van der Waals surface area contributed by atoms with Gasteiger partial charge in [-0.3, -0.25) is 9.59 Å². The molecule has 6 heteroatoms. The van der Waals surface area contributed by atoms with Gasteiger partial charge in [0, 0.05) is 37.7 Å². The zero-order chi connectivity index (χ0) is 20.9. The number of ether oxygens (including phenoxy) is 2. The molecule has 0 unspecified atom stereocenters. The van der Waals surface area contributed by atoms with E-state index in [9.17, 15) is 9.59 Å². The molecular weight excluding hydrogens is 380 g/mol. The molecule has 2 heterocycles. The van der Waals surface area contributed by atoms with E-state index in [2.05, 4.69) is 0 Å². The smallest absolute Gasteiger partial charge is 0.253 e. The zero-order valence-corrected chi connectivity index (χ0v) is 17.4. The van der Waals surface area contributed by atoms with E-state index < -0.39 is 0 Å². The molecule has 2 aliphatic rings. The third-order valence-electron chi connectivity index (χ3n) is 5.99. The second kappa shape index (κ2) is 9.30. The Kier molecular flexibility index (Phi) is 6.33. The minimum atomic E-state index is 0.0163. The highest BCUT2D eigenvalue weighted by Gasteiger charge is 2.31. The molecule has 4 rings (SSSR count). The van der Waals surface area contributed by atoms with E-state index >= 15 is 0 Å². The minimum absolute atomic E-state index is 0.0163. The third kappa shape index (κ3) is 4.49. The summed E-state index contributed by atoms with van der Waals surface area (Å²) in [6, 6.07) is 15.6. The predicted octanol–water partition coefficient (Wildman–Crippen LogP) is 3.07. The van der Waals surface area contributed by atoms with Crippen LogP contribution >= 0.6 is 0 Å². The number of rotatable bonds is 4. The van der Waals surface area contributed by atoms with Crippen LogP contribution in [0.3, 0.4) is 0 Å². The Morgan fingerprint density at radius 3 is 2.27 bits per heavy atom.